The Balaban J connectivity index is 1.71. The smallest absolute Gasteiger partial charge is 0.237 e. The number of aromatic nitrogens is 4. The number of anilines is 1. The van der Waals surface area contributed by atoms with Gasteiger partial charge in [0.25, 0.3) is 0 Å². The van der Waals surface area contributed by atoms with Crippen LogP contribution in [0.25, 0.3) is 11.4 Å². The molecule has 0 radical (unpaired) electrons. The molecule has 0 aliphatic carbocycles. The largest absolute Gasteiger partial charge is 0.495 e. The number of benzene rings is 1. The van der Waals surface area contributed by atoms with Gasteiger partial charge in [0, 0.05) is 18.0 Å². The number of nitrogens with one attached hydrogen (secondary N) is 1. The minimum Gasteiger partial charge on any atom is -0.495 e. The third-order valence-electron chi connectivity index (χ3n) is 3.60. The van der Waals surface area contributed by atoms with Gasteiger partial charge in [0.2, 0.25) is 11.1 Å². The van der Waals surface area contributed by atoms with Crippen LogP contribution in [-0.2, 0) is 4.79 Å². The maximum absolute atomic E-state index is 12.5. The average Bonchev–Trinajstić information content (AvgIpc) is 3.03. The number of ether oxygens (including phenoxy) is 1. The van der Waals surface area contributed by atoms with Gasteiger partial charge >= 0.3 is 0 Å². The third-order valence-corrected chi connectivity index (χ3v) is 4.66. The summed E-state index contributed by atoms with van der Waals surface area (Å²) in [6, 6.07) is 10.9. The van der Waals surface area contributed by atoms with Crippen LogP contribution in [0.5, 0.6) is 5.75 Å². The maximum Gasteiger partial charge on any atom is 0.237 e. The lowest BCUT2D eigenvalue weighted by molar-refractivity contribution is -0.115. The number of nitrogens with two attached hydrogens (primary N) is 1. The van der Waals surface area contributed by atoms with Crippen molar-refractivity contribution in [3.63, 3.8) is 0 Å². The monoisotopic (exact) mass is 370 g/mol. The highest BCUT2D eigenvalue weighted by molar-refractivity contribution is 8.00. The fourth-order valence-electron chi connectivity index (χ4n) is 2.24. The summed E-state index contributed by atoms with van der Waals surface area (Å²) in [5, 5.41) is 11.0. The van der Waals surface area contributed by atoms with Gasteiger partial charge in [-0.05, 0) is 31.2 Å². The number of methoxy groups -OCH3 is 1. The van der Waals surface area contributed by atoms with Gasteiger partial charge < -0.3 is 15.9 Å². The number of pyridine rings is 1. The first-order valence-electron chi connectivity index (χ1n) is 7.81. The lowest BCUT2D eigenvalue weighted by Crippen LogP contribution is -2.24. The number of nitrogen functional groups attached to an aromatic ring is 1. The molecular formula is C17H18N6O2S. The molecule has 0 aliphatic heterocycles. The van der Waals surface area contributed by atoms with Crippen LogP contribution >= 0.6 is 11.8 Å². The van der Waals surface area contributed by atoms with E-state index in [1.807, 2.05) is 18.2 Å². The predicted octanol–water partition coefficient (Wildman–Crippen LogP) is 2.18. The van der Waals surface area contributed by atoms with E-state index in [0.29, 0.717) is 22.4 Å². The second kappa shape index (κ2) is 7.87. The molecule has 0 fully saturated rings. The molecule has 0 aliphatic rings. The van der Waals surface area contributed by atoms with E-state index in [1.165, 1.54) is 16.4 Å². The summed E-state index contributed by atoms with van der Waals surface area (Å²) in [5.41, 5.74) is 1.36. The van der Waals surface area contributed by atoms with Crippen molar-refractivity contribution in [3.05, 3.63) is 48.8 Å². The van der Waals surface area contributed by atoms with E-state index < -0.39 is 5.25 Å². The second-order valence-electron chi connectivity index (χ2n) is 5.37. The molecule has 0 unspecified atom stereocenters. The van der Waals surface area contributed by atoms with Crippen molar-refractivity contribution < 1.29 is 9.53 Å². The molecule has 0 saturated carbocycles. The number of para-hydroxylation sites is 2. The van der Waals surface area contributed by atoms with Crippen molar-refractivity contribution in [1.29, 1.82) is 0 Å². The molecule has 8 nitrogen and oxygen atoms in total. The number of rotatable bonds is 6. The SMILES string of the molecule is COc1ccccc1NC(=O)[C@@H](C)Sc1nnc(-c2cccnc2)n1N. The Morgan fingerprint density at radius 2 is 2.08 bits per heavy atom. The number of carbonyl (C=O) groups excluding carboxylic acids is 1. The van der Waals surface area contributed by atoms with Crippen LogP contribution in [-0.4, -0.2) is 38.1 Å². The van der Waals surface area contributed by atoms with E-state index in [1.54, 1.807) is 44.6 Å². The van der Waals surface area contributed by atoms with Gasteiger partial charge in [0.15, 0.2) is 5.82 Å². The van der Waals surface area contributed by atoms with E-state index in [-0.39, 0.29) is 5.91 Å². The molecule has 1 aromatic carbocycles. The molecule has 0 bridgehead atoms. The number of thioether (sulfide) groups is 1. The van der Waals surface area contributed by atoms with Crippen molar-refractivity contribution in [2.45, 2.75) is 17.3 Å². The molecule has 0 spiro atoms. The highest BCUT2D eigenvalue weighted by atomic mass is 32.2. The standard InChI is InChI=1S/C17H18N6O2S/c1-11(16(24)20-13-7-3-4-8-14(13)25-2)26-17-22-21-15(23(17)18)12-6-5-9-19-10-12/h3-11H,18H2,1-2H3,(H,20,24)/t11-/m1/s1. The quantitative estimate of drug-likeness (QED) is 0.506. The van der Waals surface area contributed by atoms with Crippen LogP contribution in [0.1, 0.15) is 6.92 Å². The van der Waals surface area contributed by atoms with Gasteiger partial charge in [-0.15, -0.1) is 10.2 Å². The van der Waals surface area contributed by atoms with Crippen LogP contribution in [0, 0.1) is 0 Å². The molecule has 0 saturated heterocycles. The van der Waals surface area contributed by atoms with E-state index >= 15 is 0 Å². The molecule has 9 heteroatoms. The Kier molecular flexibility index (Phi) is 5.37. The van der Waals surface area contributed by atoms with Gasteiger partial charge in [-0.2, -0.15) is 0 Å². The molecule has 2 heterocycles. The van der Waals surface area contributed by atoms with E-state index in [2.05, 4.69) is 20.5 Å². The van der Waals surface area contributed by atoms with Gasteiger partial charge in [-0.1, -0.05) is 23.9 Å². The van der Waals surface area contributed by atoms with Crippen LogP contribution < -0.4 is 15.9 Å². The van der Waals surface area contributed by atoms with Gasteiger partial charge in [0.1, 0.15) is 5.75 Å². The zero-order chi connectivity index (χ0) is 18.5. The summed E-state index contributed by atoms with van der Waals surface area (Å²) in [5.74, 6) is 6.96. The number of hydrogen-bond acceptors (Lipinski definition) is 7. The number of carbonyl (C=O) groups is 1. The topological polar surface area (TPSA) is 108 Å². The van der Waals surface area contributed by atoms with E-state index in [9.17, 15) is 4.79 Å². The number of amides is 1. The lowest BCUT2D eigenvalue weighted by Gasteiger charge is -2.13. The van der Waals surface area contributed by atoms with Crippen molar-refractivity contribution in [2.24, 2.45) is 0 Å². The van der Waals surface area contributed by atoms with Crippen molar-refractivity contribution in [2.75, 3.05) is 18.3 Å². The molecule has 134 valence electrons. The van der Waals surface area contributed by atoms with Crippen LogP contribution in [0.3, 0.4) is 0 Å². The maximum atomic E-state index is 12.5. The fourth-order valence-corrected chi connectivity index (χ4v) is 3.01. The summed E-state index contributed by atoms with van der Waals surface area (Å²) < 4.78 is 6.60. The molecule has 1 amide bonds. The zero-order valence-electron chi connectivity index (χ0n) is 14.3. The van der Waals surface area contributed by atoms with Gasteiger partial charge in [-0.3, -0.25) is 9.78 Å². The fraction of sp³-hybridized carbons (Fsp3) is 0.176. The minimum atomic E-state index is -0.437. The number of nitrogens with zero attached hydrogens (tertiary/aromatic N) is 4. The lowest BCUT2D eigenvalue weighted by atomic mass is 10.3. The highest BCUT2D eigenvalue weighted by Crippen LogP contribution is 2.27. The molecule has 26 heavy (non-hydrogen) atoms. The van der Waals surface area contributed by atoms with Crippen molar-refractivity contribution >= 4 is 23.4 Å². The predicted molar refractivity (Wildman–Crippen MR) is 100 cm³/mol. The summed E-state index contributed by atoms with van der Waals surface area (Å²) >= 11 is 1.22. The van der Waals surface area contributed by atoms with Crippen LogP contribution in [0.2, 0.25) is 0 Å². The second-order valence-corrected chi connectivity index (χ2v) is 6.68. The Morgan fingerprint density at radius 3 is 2.81 bits per heavy atom. The molecule has 2 aromatic heterocycles. The van der Waals surface area contributed by atoms with Gasteiger partial charge in [0.05, 0.1) is 18.0 Å². The van der Waals surface area contributed by atoms with Crippen LogP contribution in [0.15, 0.2) is 53.9 Å². The normalized spacial score (nSPS) is 11.8. The third kappa shape index (κ3) is 3.77. The first-order valence-corrected chi connectivity index (χ1v) is 8.69. The Morgan fingerprint density at radius 1 is 1.27 bits per heavy atom. The zero-order valence-corrected chi connectivity index (χ0v) is 15.1. The minimum absolute atomic E-state index is 0.189. The average molecular weight is 370 g/mol. The molecular weight excluding hydrogens is 352 g/mol. The molecule has 3 N–H and O–H groups in total. The van der Waals surface area contributed by atoms with Gasteiger partial charge in [-0.25, -0.2) is 4.68 Å². The Hall–Kier alpha value is -3.07. The Bertz CT molecular complexity index is 899. The first-order chi connectivity index (χ1) is 12.6. The molecule has 3 aromatic rings. The summed E-state index contributed by atoms with van der Waals surface area (Å²) in [6.45, 7) is 1.77. The summed E-state index contributed by atoms with van der Waals surface area (Å²) in [4.78, 5) is 16.5. The van der Waals surface area contributed by atoms with E-state index in [0.717, 1.165) is 5.56 Å². The molecule has 1 atom stereocenters. The van der Waals surface area contributed by atoms with Crippen LogP contribution in [0.4, 0.5) is 5.69 Å². The van der Waals surface area contributed by atoms with Crippen molar-refractivity contribution in [1.82, 2.24) is 19.9 Å². The summed E-state index contributed by atoms with van der Waals surface area (Å²) in [6.07, 6.45) is 3.32. The number of hydrogen-bond donors (Lipinski definition) is 2. The highest BCUT2D eigenvalue weighted by Gasteiger charge is 2.20. The molecule has 3 rings (SSSR count). The summed E-state index contributed by atoms with van der Waals surface area (Å²) in [7, 11) is 1.56. The van der Waals surface area contributed by atoms with E-state index in [4.69, 9.17) is 10.6 Å². The van der Waals surface area contributed by atoms with Crippen molar-refractivity contribution in [3.8, 4) is 17.1 Å². The Labute approximate surface area is 154 Å². The first kappa shape index (κ1) is 17.7.